The van der Waals surface area contributed by atoms with Gasteiger partial charge in [0.25, 0.3) is 0 Å². The van der Waals surface area contributed by atoms with Crippen LogP contribution in [0.15, 0.2) is 42.1 Å². The summed E-state index contributed by atoms with van der Waals surface area (Å²) in [6.07, 6.45) is 7.21. The molecule has 4 nitrogen and oxygen atoms in total. The smallest absolute Gasteiger partial charge is 0.106 e. The van der Waals surface area contributed by atoms with E-state index in [1.165, 1.54) is 7.11 Å². The van der Waals surface area contributed by atoms with E-state index >= 15 is 0 Å². The van der Waals surface area contributed by atoms with Crippen LogP contribution in [-0.2, 0) is 11.4 Å². The van der Waals surface area contributed by atoms with Gasteiger partial charge in [-0.25, -0.2) is 4.98 Å². The van der Waals surface area contributed by atoms with Gasteiger partial charge in [-0.15, -0.1) is 0 Å². The Morgan fingerprint density at radius 1 is 1.35 bits per heavy atom. The minimum atomic E-state index is 0.516. The van der Waals surface area contributed by atoms with Crippen molar-refractivity contribution in [3.63, 3.8) is 0 Å². The normalized spacial score (nSPS) is 11.7. The van der Waals surface area contributed by atoms with E-state index in [9.17, 15) is 0 Å². The molecule has 0 bridgehead atoms. The topological polar surface area (TPSA) is 39.4 Å². The van der Waals surface area contributed by atoms with Crippen LogP contribution in [0.1, 0.15) is 18.4 Å². The summed E-state index contributed by atoms with van der Waals surface area (Å²) < 4.78 is 2.03. The summed E-state index contributed by atoms with van der Waals surface area (Å²) in [7, 11) is 1.54. The highest BCUT2D eigenvalue weighted by molar-refractivity contribution is 6.42. The molecule has 0 N–H and O–H groups in total. The van der Waals surface area contributed by atoms with E-state index in [2.05, 4.69) is 10.1 Å². The molecular weight excluding hydrogens is 297 g/mol. The SMILES string of the molecule is CON=C(CCCn1ccnc1)c1ccc(Cl)c(Cl)c1. The lowest BCUT2D eigenvalue weighted by Gasteiger charge is -2.08. The first-order chi connectivity index (χ1) is 9.70. The fourth-order valence-corrected chi connectivity index (χ4v) is 2.17. The van der Waals surface area contributed by atoms with Crippen molar-refractivity contribution >= 4 is 28.9 Å². The van der Waals surface area contributed by atoms with Gasteiger partial charge in [0.05, 0.1) is 22.1 Å². The molecule has 2 aromatic rings. The van der Waals surface area contributed by atoms with Gasteiger partial charge in [0, 0.05) is 24.5 Å². The van der Waals surface area contributed by atoms with Gasteiger partial charge in [-0.2, -0.15) is 0 Å². The van der Waals surface area contributed by atoms with Crippen molar-refractivity contribution in [3.05, 3.63) is 52.5 Å². The highest BCUT2D eigenvalue weighted by Gasteiger charge is 2.07. The Kier molecular flexibility index (Phi) is 5.44. The lowest BCUT2D eigenvalue weighted by molar-refractivity contribution is 0.212. The van der Waals surface area contributed by atoms with Gasteiger partial charge < -0.3 is 9.40 Å². The molecule has 0 atom stereocenters. The number of aromatic nitrogens is 2. The van der Waals surface area contributed by atoms with Gasteiger partial charge in [-0.1, -0.05) is 34.4 Å². The van der Waals surface area contributed by atoms with E-state index < -0.39 is 0 Å². The second-order valence-corrected chi connectivity index (χ2v) is 5.07. The van der Waals surface area contributed by atoms with E-state index in [1.54, 1.807) is 24.7 Å². The summed E-state index contributed by atoms with van der Waals surface area (Å²) >= 11 is 12.0. The van der Waals surface area contributed by atoms with Crippen LogP contribution in [0.3, 0.4) is 0 Å². The third-order valence-electron chi connectivity index (χ3n) is 2.84. The summed E-state index contributed by atoms with van der Waals surface area (Å²) in [6, 6.07) is 5.46. The number of hydrogen-bond donors (Lipinski definition) is 0. The number of rotatable bonds is 6. The molecule has 1 aromatic carbocycles. The van der Waals surface area contributed by atoms with Crippen LogP contribution in [0, 0.1) is 0 Å². The summed E-state index contributed by atoms with van der Waals surface area (Å²) in [5.41, 5.74) is 1.78. The van der Waals surface area contributed by atoms with Crippen molar-refractivity contribution in [1.82, 2.24) is 9.55 Å². The van der Waals surface area contributed by atoms with E-state index in [0.717, 1.165) is 30.7 Å². The van der Waals surface area contributed by atoms with Crippen molar-refractivity contribution in [3.8, 4) is 0 Å². The van der Waals surface area contributed by atoms with Crippen molar-refractivity contribution in [2.24, 2.45) is 5.16 Å². The Balaban J connectivity index is 2.03. The van der Waals surface area contributed by atoms with Crippen LogP contribution in [-0.4, -0.2) is 22.4 Å². The molecular formula is C14H15Cl2N3O. The molecule has 6 heteroatoms. The zero-order valence-corrected chi connectivity index (χ0v) is 12.6. The van der Waals surface area contributed by atoms with Gasteiger partial charge in [0.15, 0.2) is 0 Å². The largest absolute Gasteiger partial charge is 0.399 e. The molecule has 1 aromatic heterocycles. The molecule has 0 amide bonds. The second-order valence-electron chi connectivity index (χ2n) is 4.25. The maximum Gasteiger partial charge on any atom is 0.106 e. The van der Waals surface area contributed by atoms with Crippen molar-refractivity contribution in [1.29, 1.82) is 0 Å². The predicted molar refractivity (Wildman–Crippen MR) is 81.5 cm³/mol. The molecule has 0 aliphatic rings. The maximum atomic E-state index is 6.03. The fourth-order valence-electron chi connectivity index (χ4n) is 1.88. The number of imidazole rings is 1. The third-order valence-corrected chi connectivity index (χ3v) is 3.58. The van der Waals surface area contributed by atoms with Crippen molar-refractivity contribution < 1.29 is 4.84 Å². The molecule has 106 valence electrons. The number of nitrogens with zero attached hydrogens (tertiary/aromatic N) is 3. The van der Waals surface area contributed by atoms with Crippen LogP contribution >= 0.6 is 23.2 Å². The standard InChI is InChI=1S/C14H15Cl2N3O/c1-20-18-14(3-2-7-19-8-6-17-10-19)11-4-5-12(15)13(16)9-11/h4-6,8-10H,2-3,7H2,1H3. The third kappa shape index (κ3) is 3.99. The van der Waals surface area contributed by atoms with Crippen molar-refractivity contribution in [2.45, 2.75) is 19.4 Å². The summed E-state index contributed by atoms with van der Waals surface area (Å²) in [5, 5.41) is 5.12. The van der Waals surface area contributed by atoms with E-state index in [4.69, 9.17) is 28.0 Å². The van der Waals surface area contributed by atoms with E-state index in [-0.39, 0.29) is 0 Å². The van der Waals surface area contributed by atoms with E-state index in [1.807, 2.05) is 16.8 Å². The number of aryl methyl sites for hydroxylation is 1. The minimum absolute atomic E-state index is 0.516. The number of benzene rings is 1. The molecule has 0 aliphatic carbocycles. The average molecular weight is 312 g/mol. The summed E-state index contributed by atoms with van der Waals surface area (Å²) in [4.78, 5) is 8.92. The highest BCUT2D eigenvalue weighted by Crippen LogP contribution is 2.23. The fraction of sp³-hybridized carbons (Fsp3) is 0.286. The van der Waals surface area contributed by atoms with Crippen LogP contribution in [0.5, 0.6) is 0 Å². The number of hydrogen-bond acceptors (Lipinski definition) is 3. The Labute approximate surface area is 128 Å². The van der Waals surface area contributed by atoms with Crippen LogP contribution in [0.25, 0.3) is 0 Å². The Morgan fingerprint density at radius 2 is 2.20 bits per heavy atom. The quantitative estimate of drug-likeness (QED) is 0.597. The molecule has 0 saturated heterocycles. The van der Waals surface area contributed by atoms with E-state index in [0.29, 0.717) is 10.0 Å². The minimum Gasteiger partial charge on any atom is -0.399 e. The molecule has 0 unspecified atom stereocenters. The van der Waals surface area contributed by atoms with Gasteiger partial charge in [-0.05, 0) is 25.0 Å². The monoisotopic (exact) mass is 311 g/mol. The molecule has 20 heavy (non-hydrogen) atoms. The molecule has 0 radical (unpaired) electrons. The van der Waals surface area contributed by atoms with Crippen LogP contribution < -0.4 is 0 Å². The lowest BCUT2D eigenvalue weighted by atomic mass is 10.1. The molecule has 1 heterocycles. The van der Waals surface area contributed by atoms with Crippen LogP contribution in [0.2, 0.25) is 10.0 Å². The van der Waals surface area contributed by atoms with Gasteiger partial charge >= 0.3 is 0 Å². The zero-order chi connectivity index (χ0) is 14.4. The second kappa shape index (κ2) is 7.31. The molecule has 0 fully saturated rings. The van der Waals surface area contributed by atoms with Gasteiger partial charge in [0.1, 0.15) is 7.11 Å². The molecule has 0 aliphatic heterocycles. The number of halogens is 2. The lowest BCUT2D eigenvalue weighted by Crippen LogP contribution is -2.04. The first-order valence-electron chi connectivity index (χ1n) is 6.22. The maximum absolute atomic E-state index is 6.03. The first kappa shape index (κ1) is 14.9. The van der Waals surface area contributed by atoms with Crippen LogP contribution in [0.4, 0.5) is 0 Å². The summed E-state index contributed by atoms with van der Waals surface area (Å²) in [5.74, 6) is 0. The Hall–Kier alpha value is -1.52. The van der Waals surface area contributed by atoms with Gasteiger partial charge in [0.2, 0.25) is 0 Å². The van der Waals surface area contributed by atoms with Crippen molar-refractivity contribution in [2.75, 3.05) is 7.11 Å². The highest BCUT2D eigenvalue weighted by atomic mass is 35.5. The molecule has 0 saturated carbocycles. The molecule has 0 spiro atoms. The zero-order valence-electron chi connectivity index (χ0n) is 11.1. The number of oxime groups is 1. The summed E-state index contributed by atoms with van der Waals surface area (Å²) in [6.45, 7) is 0.879. The van der Waals surface area contributed by atoms with Gasteiger partial charge in [-0.3, -0.25) is 0 Å². The molecule has 2 rings (SSSR count). The Morgan fingerprint density at radius 3 is 2.85 bits per heavy atom. The Bertz CT molecular complexity index is 582. The first-order valence-corrected chi connectivity index (χ1v) is 6.97. The average Bonchev–Trinajstić information content (AvgIpc) is 2.94. The predicted octanol–water partition coefficient (Wildman–Crippen LogP) is 4.02.